The Labute approximate surface area is 83.0 Å². The van der Waals surface area contributed by atoms with Crippen LogP contribution in [0.1, 0.15) is 19.3 Å². The van der Waals surface area contributed by atoms with Crippen LogP contribution in [0.25, 0.3) is 0 Å². The average Bonchev–Trinajstić information content (AvgIpc) is 2.48. The molecule has 0 saturated carbocycles. The lowest BCUT2D eigenvalue weighted by Gasteiger charge is -2.20. The summed E-state index contributed by atoms with van der Waals surface area (Å²) in [5.74, 6) is -0.716. The molecule has 1 aliphatic heterocycles. The molecule has 1 saturated heterocycles. The van der Waals surface area contributed by atoms with Gasteiger partial charge in [0.1, 0.15) is 0 Å². The van der Waals surface area contributed by atoms with E-state index in [4.69, 9.17) is 16.7 Å². The van der Waals surface area contributed by atoms with E-state index in [2.05, 4.69) is 4.90 Å². The fourth-order valence-corrected chi connectivity index (χ4v) is 1.82. The minimum atomic E-state index is -0.716. The van der Waals surface area contributed by atoms with Gasteiger partial charge in [-0.15, -0.1) is 0 Å². The van der Waals surface area contributed by atoms with Gasteiger partial charge in [0.25, 0.3) is 0 Å². The first-order valence-corrected chi connectivity index (χ1v) is 4.88. The maximum atomic E-state index is 10.5. The van der Waals surface area contributed by atoms with E-state index in [1.165, 1.54) is 5.54 Å². The van der Waals surface area contributed by atoms with Crippen molar-refractivity contribution in [2.75, 3.05) is 13.1 Å². The number of rotatable bonds is 4. The molecule has 0 aromatic heterocycles. The van der Waals surface area contributed by atoms with Crippen LogP contribution in [-0.4, -0.2) is 35.1 Å². The highest BCUT2D eigenvalue weighted by Gasteiger charge is 2.25. The number of carboxylic acid groups (broad SMARTS) is 1. The Morgan fingerprint density at radius 1 is 1.69 bits per heavy atom. The molecule has 1 atom stereocenters. The third-order valence-corrected chi connectivity index (χ3v) is 2.52. The maximum absolute atomic E-state index is 10.5. The van der Waals surface area contributed by atoms with Gasteiger partial charge >= 0.3 is 5.97 Å². The average molecular weight is 204 g/mol. The predicted molar refractivity (Wildman–Crippen MR) is 51.8 cm³/mol. The third-order valence-electron chi connectivity index (χ3n) is 2.34. The van der Waals surface area contributed by atoms with Crippen molar-refractivity contribution in [1.82, 2.24) is 4.90 Å². The Kier molecular flexibility index (Phi) is 4.25. The van der Waals surface area contributed by atoms with Gasteiger partial charge in [0.05, 0.1) is 6.42 Å². The molecule has 1 N–H and O–H groups in total. The van der Waals surface area contributed by atoms with Gasteiger partial charge in [0, 0.05) is 18.1 Å². The van der Waals surface area contributed by atoms with E-state index >= 15 is 0 Å². The second-order valence-electron chi connectivity index (χ2n) is 3.25. The van der Waals surface area contributed by atoms with Crippen molar-refractivity contribution < 1.29 is 9.90 Å². The van der Waals surface area contributed by atoms with Crippen molar-refractivity contribution in [2.24, 2.45) is 0 Å². The smallest absolute Gasteiger partial charge is 0.304 e. The largest absolute Gasteiger partial charge is 0.481 e. The molecule has 1 rings (SSSR count). The Balaban J connectivity index is 2.39. The van der Waals surface area contributed by atoms with Gasteiger partial charge in [-0.2, -0.15) is 0 Å². The molecule has 1 heterocycles. The number of halogens is 1. The highest BCUT2D eigenvalue weighted by Crippen LogP contribution is 2.19. The van der Waals surface area contributed by atoms with Gasteiger partial charge in [-0.25, -0.2) is 0 Å². The number of hydrogen-bond acceptors (Lipinski definition) is 2. The topological polar surface area (TPSA) is 40.5 Å². The minimum Gasteiger partial charge on any atom is -0.481 e. The summed E-state index contributed by atoms with van der Waals surface area (Å²) < 4.78 is 0. The molecule has 0 amide bonds. The van der Waals surface area contributed by atoms with E-state index in [9.17, 15) is 4.79 Å². The normalized spacial score (nSPS) is 24.2. The van der Waals surface area contributed by atoms with Gasteiger partial charge in [-0.05, 0) is 19.4 Å². The Bertz CT molecular complexity index is 206. The summed E-state index contributed by atoms with van der Waals surface area (Å²) in [6.07, 6.45) is 4.17. The quantitative estimate of drug-likeness (QED) is 0.756. The number of carbonyl (C=O) groups is 1. The zero-order chi connectivity index (χ0) is 9.68. The van der Waals surface area contributed by atoms with Crippen molar-refractivity contribution in [3.05, 3.63) is 11.6 Å². The van der Waals surface area contributed by atoms with Crippen LogP contribution < -0.4 is 0 Å². The van der Waals surface area contributed by atoms with Crippen LogP contribution in [0.5, 0.6) is 0 Å². The zero-order valence-electron chi connectivity index (χ0n) is 7.45. The SMILES string of the molecule is O=C(O)CC1CCCN1C/C=C/Cl. The van der Waals surface area contributed by atoms with Crippen LogP contribution in [0.2, 0.25) is 0 Å². The molecule has 0 aromatic rings. The first-order chi connectivity index (χ1) is 6.24. The van der Waals surface area contributed by atoms with Crippen molar-refractivity contribution in [3.63, 3.8) is 0 Å². The molecular formula is C9H14ClNO2. The molecule has 0 bridgehead atoms. The lowest BCUT2D eigenvalue weighted by Crippen LogP contribution is -2.31. The number of hydrogen-bond donors (Lipinski definition) is 1. The lowest BCUT2D eigenvalue weighted by atomic mass is 10.1. The van der Waals surface area contributed by atoms with E-state index < -0.39 is 5.97 Å². The number of likely N-dealkylation sites (tertiary alicyclic amines) is 1. The summed E-state index contributed by atoms with van der Waals surface area (Å²) in [7, 11) is 0. The van der Waals surface area contributed by atoms with Gasteiger partial charge in [-0.3, -0.25) is 9.69 Å². The molecule has 0 spiro atoms. The molecule has 4 heteroatoms. The highest BCUT2D eigenvalue weighted by atomic mass is 35.5. The second kappa shape index (κ2) is 5.25. The van der Waals surface area contributed by atoms with Crippen LogP contribution in [0.15, 0.2) is 11.6 Å². The van der Waals surface area contributed by atoms with Crippen molar-refractivity contribution >= 4 is 17.6 Å². The van der Waals surface area contributed by atoms with Crippen LogP contribution in [0.3, 0.4) is 0 Å². The summed E-state index contributed by atoms with van der Waals surface area (Å²) >= 11 is 5.41. The second-order valence-corrected chi connectivity index (χ2v) is 3.50. The number of aliphatic carboxylic acids is 1. The molecule has 0 radical (unpaired) electrons. The molecule has 3 nitrogen and oxygen atoms in total. The summed E-state index contributed by atoms with van der Waals surface area (Å²) in [6.45, 7) is 1.75. The summed E-state index contributed by atoms with van der Waals surface area (Å²) in [5.41, 5.74) is 1.48. The van der Waals surface area contributed by atoms with E-state index in [-0.39, 0.29) is 12.5 Å². The number of carboxylic acids is 1. The molecule has 1 unspecified atom stereocenters. The molecule has 1 aliphatic rings. The predicted octanol–water partition coefficient (Wildman–Crippen LogP) is 1.68. The molecular weight excluding hydrogens is 190 g/mol. The zero-order valence-corrected chi connectivity index (χ0v) is 8.20. The number of nitrogens with zero attached hydrogens (tertiary/aromatic N) is 1. The van der Waals surface area contributed by atoms with Crippen molar-refractivity contribution in [3.8, 4) is 0 Å². The summed E-state index contributed by atoms with van der Waals surface area (Å²) in [6, 6.07) is 0.199. The Hall–Kier alpha value is -0.540. The first-order valence-electron chi connectivity index (χ1n) is 4.45. The highest BCUT2D eigenvalue weighted by molar-refractivity contribution is 6.25. The van der Waals surface area contributed by atoms with Gasteiger partial charge < -0.3 is 5.11 Å². The molecule has 0 aliphatic carbocycles. The fraction of sp³-hybridized carbons (Fsp3) is 0.667. The summed E-state index contributed by atoms with van der Waals surface area (Å²) in [4.78, 5) is 12.7. The van der Waals surface area contributed by atoms with E-state index in [0.717, 1.165) is 25.9 Å². The molecule has 1 fully saturated rings. The van der Waals surface area contributed by atoms with Crippen LogP contribution >= 0.6 is 11.6 Å². The minimum absolute atomic E-state index is 0.199. The molecule has 74 valence electrons. The van der Waals surface area contributed by atoms with Crippen LogP contribution in [-0.2, 0) is 4.79 Å². The Morgan fingerprint density at radius 3 is 3.08 bits per heavy atom. The third kappa shape index (κ3) is 3.36. The standard InChI is InChI=1S/C9H14ClNO2/c10-4-2-6-11-5-1-3-8(11)7-9(12)13/h2,4,8H,1,3,5-7H2,(H,12,13)/b4-2+. The monoisotopic (exact) mass is 203 g/mol. The van der Waals surface area contributed by atoms with Gasteiger partial charge in [-0.1, -0.05) is 17.7 Å². The van der Waals surface area contributed by atoms with Crippen LogP contribution in [0.4, 0.5) is 0 Å². The summed E-state index contributed by atoms with van der Waals surface area (Å²) in [5, 5.41) is 8.65. The van der Waals surface area contributed by atoms with Gasteiger partial charge in [0.15, 0.2) is 0 Å². The van der Waals surface area contributed by atoms with Crippen molar-refractivity contribution in [1.29, 1.82) is 0 Å². The Morgan fingerprint density at radius 2 is 2.46 bits per heavy atom. The molecule has 13 heavy (non-hydrogen) atoms. The van der Waals surface area contributed by atoms with E-state index in [0.29, 0.717) is 0 Å². The van der Waals surface area contributed by atoms with E-state index in [1.807, 2.05) is 6.08 Å². The maximum Gasteiger partial charge on any atom is 0.304 e. The van der Waals surface area contributed by atoms with Crippen molar-refractivity contribution in [2.45, 2.75) is 25.3 Å². The first kappa shape index (κ1) is 10.5. The molecule has 0 aromatic carbocycles. The van der Waals surface area contributed by atoms with Gasteiger partial charge in [0.2, 0.25) is 0 Å². The van der Waals surface area contributed by atoms with E-state index in [1.54, 1.807) is 0 Å². The lowest BCUT2D eigenvalue weighted by molar-refractivity contribution is -0.138. The fourth-order valence-electron chi connectivity index (χ4n) is 1.74. The van der Waals surface area contributed by atoms with Crippen LogP contribution in [0, 0.1) is 0 Å².